The molecule has 1 unspecified atom stereocenters. The first-order valence-electron chi connectivity index (χ1n) is 8.00. The van der Waals surface area contributed by atoms with Gasteiger partial charge in [0.2, 0.25) is 0 Å². The third kappa shape index (κ3) is 5.09. The SMILES string of the molecule is CCCCC[C@H](/C=C/S(=O)c1ccccc1)[C@H]1COC(=O)C1. The maximum atomic E-state index is 12.3. The molecule has 1 aliphatic rings. The number of carbonyl (C=O) groups excluding carboxylic acids is 1. The summed E-state index contributed by atoms with van der Waals surface area (Å²) in [5, 5.41) is 1.77. The molecule has 0 amide bonds. The van der Waals surface area contributed by atoms with Gasteiger partial charge in [-0.2, -0.15) is 0 Å². The zero-order valence-electron chi connectivity index (χ0n) is 13.1. The van der Waals surface area contributed by atoms with Crippen LogP contribution in [0.5, 0.6) is 0 Å². The Kier molecular flexibility index (Phi) is 6.84. The van der Waals surface area contributed by atoms with E-state index >= 15 is 0 Å². The Hall–Kier alpha value is -1.42. The van der Waals surface area contributed by atoms with Gasteiger partial charge in [0.05, 0.1) is 23.8 Å². The van der Waals surface area contributed by atoms with E-state index in [1.165, 1.54) is 12.8 Å². The minimum absolute atomic E-state index is 0.108. The highest BCUT2D eigenvalue weighted by Crippen LogP contribution is 2.29. The van der Waals surface area contributed by atoms with E-state index in [4.69, 9.17) is 4.74 Å². The number of hydrogen-bond donors (Lipinski definition) is 0. The standard InChI is InChI=1S/C18H24O3S/c1-2-3-5-8-15(16-13-18(19)21-14-16)11-12-22(20)17-9-6-4-7-10-17/h4,6-7,9-12,15-16H,2-3,5,8,13-14H2,1H3/b12-11+/t15-,16-,22?/m1/s1. The third-order valence-corrected chi connectivity index (χ3v) is 5.20. The second-order valence-corrected chi connectivity index (χ2v) is 7.08. The van der Waals surface area contributed by atoms with Crippen LogP contribution in [0.1, 0.15) is 39.0 Å². The highest BCUT2D eigenvalue weighted by Gasteiger charge is 2.29. The number of rotatable bonds is 8. The van der Waals surface area contributed by atoms with Crippen molar-refractivity contribution in [3.63, 3.8) is 0 Å². The molecule has 0 bridgehead atoms. The van der Waals surface area contributed by atoms with Crippen LogP contribution >= 0.6 is 0 Å². The molecule has 0 radical (unpaired) electrons. The van der Waals surface area contributed by atoms with Crippen molar-refractivity contribution in [1.29, 1.82) is 0 Å². The van der Waals surface area contributed by atoms with E-state index in [0.29, 0.717) is 13.0 Å². The maximum absolute atomic E-state index is 12.3. The number of esters is 1. The van der Waals surface area contributed by atoms with Crippen LogP contribution in [0.3, 0.4) is 0 Å². The minimum atomic E-state index is -1.13. The number of ether oxygens (including phenoxy) is 1. The number of hydrogen-bond acceptors (Lipinski definition) is 3. The first kappa shape index (κ1) is 16.9. The van der Waals surface area contributed by atoms with Gasteiger partial charge in [0.15, 0.2) is 0 Å². The van der Waals surface area contributed by atoms with Gasteiger partial charge >= 0.3 is 5.97 Å². The van der Waals surface area contributed by atoms with Crippen LogP contribution in [0.15, 0.2) is 46.7 Å². The molecule has 1 aromatic rings. The van der Waals surface area contributed by atoms with Gasteiger partial charge in [0.25, 0.3) is 0 Å². The Morgan fingerprint density at radius 2 is 2.09 bits per heavy atom. The summed E-state index contributed by atoms with van der Waals surface area (Å²) in [6.07, 6.45) is 7.04. The normalized spacial score (nSPS) is 21.0. The second-order valence-electron chi connectivity index (χ2n) is 5.75. The van der Waals surface area contributed by atoms with Gasteiger partial charge in [-0.3, -0.25) is 4.79 Å². The van der Waals surface area contributed by atoms with E-state index < -0.39 is 10.8 Å². The van der Waals surface area contributed by atoms with Gasteiger partial charge in [-0.25, -0.2) is 4.21 Å². The first-order valence-corrected chi connectivity index (χ1v) is 9.21. The van der Waals surface area contributed by atoms with Crippen molar-refractivity contribution in [2.75, 3.05) is 6.61 Å². The average molecular weight is 320 g/mol. The molecule has 3 nitrogen and oxygen atoms in total. The number of carbonyl (C=O) groups is 1. The fourth-order valence-corrected chi connectivity index (χ4v) is 3.66. The Bertz CT molecular complexity index is 524. The van der Waals surface area contributed by atoms with Crippen molar-refractivity contribution < 1.29 is 13.7 Å². The highest BCUT2D eigenvalue weighted by atomic mass is 32.2. The molecule has 0 N–H and O–H groups in total. The van der Waals surface area contributed by atoms with Crippen LogP contribution in [0, 0.1) is 11.8 Å². The van der Waals surface area contributed by atoms with E-state index in [-0.39, 0.29) is 17.8 Å². The molecule has 1 aromatic carbocycles. The Labute approximate surface area is 135 Å². The second kappa shape index (κ2) is 8.89. The van der Waals surface area contributed by atoms with E-state index in [1.54, 1.807) is 5.41 Å². The zero-order chi connectivity index (χ0) is 15.8. The molecule has 3 atom stereocenters. The largest absolute Gasteiger partial charge is 0.465 e. The molecule has 0 spiro atoms. The van der Waals surface area contributed by atoms with Crippen molar-refractivity contribution >= 4 is 16.8 Å². The summed E-state index contributed by atoms with van der Waals surface area (Å²) in [5.41, 5.74) is 0. The molecule has 1 saturated heterocycles. The van der Waals surface area contributed by atoms with Gasteiger partial charge in [0, 0.05) is 16.2 Å². The predicted molar refractivity (Wildman–Crippen MR) is 88.7 cm³/mol. The van der Waals surface area contributed by atoms with Crippen molar-refractivity contribution in [1.82, 2.24) is 0 Å². The zero-order valence-corrected chi connectivity index (χ0v) is 13.9. The van der Waals surface area contributed by atoms with E-state index in [2.05, 4.69) is 6.92 Å². The fraction of sp³-hybridized carbons (Fsp3) is 0.500. The summed E-state index contributed by atoms with van der Waals surface area (Å²) in [6.45, 7) is 2.68. The third-order valence-electron chi connectivity index (χ3n) is 4.06. The van der Waals surface area contributed by atoms with Crippen LogP contribution in [-0.4, -0.2) is 16.8 Å². The van der Waals surface area contributed by atoms with Crippen LogP contribution in [0.25, 0.3) is 0 Å². The molecule has 2 rings (SSSR count). The fourth-order valence-electron chi connectivity index (χ4n) is 2.73. The summed E-state index contributed by atoms with van der Waals surface area (Å²) in [6, 6.07) is 9.44. The number of cyclic esters (lactones) is 1. The molecule has 0 aliphatic carbocycles. The summed E-state index contributed by atoms with van der Waals surface area (Å²) >= 11 is 0. The van der Waals surface area contributed by atoms with Crippen molar-refractivity contribution in [3.8, 4) is 0 Å². The number of unbranched alkanes of at least 4 members (excludes halogenated alkanes) is 2. The molecule has 0 saturated carbocycles. The number of allylic oxidation sites excluding steroid dienone is 1. The summed E-state index contributed by atoms with van der Waals surface area (Å²) < 4.78 is 17.4. The summed E-state index contributed by atoms with van der Waals surface area (Å²) in [7, 11) is -1.13. The molecular weight excluding hydrogens is 296 g/mol. The molecule has 4 heteroatoms. The van der Waals surface area contributed by atoms with E-state index in [9.17, 15) is 9.00 Å². The quantitative estimate of drug-likeness (QED) is 0.536. The summed E-state index contributed by atoms with van der Waals surface area (Å²) in [5.74, 6) is 0.391. The predicted octanol–water partition coefficient (Wildman–Crippen LogP) is 4.07. The lowest BCUT2D eigenvalue weighted by Crippen LogP contribution is -2.13. The van der Waals surface area contributed by atoms with Gasteiger partial charge in [-0.15, -0.1) is 0 Å². The van der Waals surface area contributed by atoms with Gasteiger partial charge in [0.1, 0.15) is 0 Å². The molecule has 120 valence electrons. The first-order chi connectivity index (χ1) is 10.7. The summed E-state index contributed by atoms with van der Waals surface area (Å²) in [4.78, 5) is 12.2. The lowest BCUT2D eigenvalue weighted by molar-refractivity contribution is -0.137. The molecular formula is C18H24O3S. The van der Waals surface area contributed by atoms with Crippen molar-refractivity contribution in [2.45, 2.75) is 43.9 Å². The van der Waals surface area contributed by atoms with Gasteiger partial charge < -0.3 is 4.74 Å². The Balaban J connectivity index is 1.99. The Morgan fingerprint density at radius 1 is 1.32 bits per heavy atom. The van der Waals surface area contributed by atoms with E-state index in [1.807, 2.05) is 36.4 Å². The molecule has 1 aliphatic heterocycles. The lowest BCUT2D eigenvalue weighted by Gasteiger charge is -2.17. The van der Waals surface area contributed by atoms with Gasteiger partial charge in [-0.1, -0.05) is 50.5 Å². The van der Waals surface area contributed by atoms with Crippen molar-refractivity contribution in [2.24, 2.45) is 11.8 Å². The minimum Gasteiger partial charge on any atom is -0.465 e. The average Bonchev–Trinajstić information content (AvgIpc) is 2.97. The Morgan fingerprint density at radius 3 is 2.73 bits per heavy atom. The monoisotopic (exact) mass is 320 g/mol. The van der Waals surface area contributed by atoms with E-state index in [0.717, 1.165) is 17.7 Å². The van der Waals surface area contributed by atoms with Crippen LogP contribution in [0.2, 0.25) is 0 Å². The van der Waals surface area contributed by atoms with Crippen LogP contribution in [-0.2, 0) is 20.3 Å². The highest BCUT2D eigenvalue weighted by molar-refractivity contribution is 7.88. The molecule has 1 fully saturated rings. The van der Waals surface area contributed by atoms with Crippen LogP contribution in [0.4, 0.5) is 0 Å². The molecule has 0 aromatic heterocycles. The molecule has 22 heavy (non-hydrogen) atoms. The molecule has 1 heterocycles. The van der Waals surface area contributed by atoms with Gasteiger partial charge in [-0.05, 0) is 24.5 Å². The van der Waals surface area contributed by atoms with Crippen LogP contribution < -0.4 is 0 Å². The lowest BCUT2D eigenvalue weighted by atomic mass is 9.87. The smallest absolute Gasteiger partial charge is 0.306 e. The topological polar surface area (TPSA) is 43.4 Å². The maximum Gasteiger partial charge on any atom is 0.306 e. The van der Waals surface area contributed by atoms with Crippen molar-refractivity contribution in [3.05, 3.63) is 41.8 Å². The number of benzene rings is 1.